The summed E-state index contributed by atoms with van der Waals surface area (Å²) in [6.45, 7) is 2.25. The molecule has 3 aromatic rings. The van der Waals surface area contributed by atoms with Gasteiger partial charge in [-0.15, -0.1) is 0 Å². The van der Waals surface area contributed by atoms with Crippen molar-refractivity contribution in [3.05, 3.63) is 30.7 Å². The van der Waals surface area contributed by atoms with E-state index in [2.05, 4.69) is 27.3 Å². The molecule has 1 saturated carbocycles. The molecule has 0 aromatic carbocycles. The Kier molecular flexibility index (Phi) is 2.85. The normalized spacial score (nSPS) is 16.5. The molecule has 0 spiro atoms. The summed E-state index contributed by atoms with van der Waals surface area (Å²) in [6.07, 6.45) is 8.93. The van der Waals surface area contributed by atoms with Gasteiger partial charge in [0.1, 0.15) is 11.5 Å². The van der Waals surface area contributed by atoms with Crippen LogP contribution in [0.2, 0.25) is 0 Å². The molecule has 0 saturated heterocycles. The van der Waals surface area contributed by atoms with Crippen LogP contribution in [0.25, 0.3) is 22.4 Å². The summed E-state index contributed by atoms with van der Waals surface area (Å²) in [7, 11) is 1.90. The van der Waals surface area contributed by atoms with Gasteiger partial charge in [-0.25, -0.2) is 9.97 Å². The SMILES string of the molecule is Cn1nccc1-c1nc(NC2(C)CCC2)c2ccncc2n1. The molecular weight excluding hydrogens is 276 g/mol. The lowest BCUT2D eigenvalue weighted by Gasteiger charge is -2.39. The average Bonchev–Trinajstić information content (AvgIpc) is 2.91. The molecule has 4 rings (SSSR count). The zero-order valence-electron chi connectivity index (χ0n) is 12.7. The van der Waals surface area contributed by atoms with E-state index < -0.39 is 0 Å². The van der Waals surface area contributed by atoms with Gasteiger partial charge in [0.25, 0.3) is 0 Å². The monoisotopic (exact) mass is 294 g/mol. The standard InChI is InChI=1S/C16H18N6/c1-16(6-3-7-16)21-14-11-4-8-17-10-12(11)19-15(20-14)13-5-9-18-22(13)2/h4-5,8-10H,3,6-7H2,1-2H3,(H,19,20,21). The van der Waals surface area contributed by atoms with Gasteiger partial charge in [-0.05, 0) is 38.3 Å². The minimum Gasteiger partial charge on any atom is -0.364 e. The first kappa shape index (κ1) is 13.2. The first-order chi connectivity index (χ1) is 10.6. The van der Waals surface area contributed by atoms with Crippen LogP contribution in [0.15, 0.2) is 30.7 Å². The van der Waals surface area contributed by atoms with Crippen molar-refractivity contribution in [3.63, 3.8) is 0 Å². The van der Waals surface area contributed by atoms with Crippen LogP contribution in [0.1, 0.15) is 26.2 Å². The van der Waals surface area contributed by atoms with Crippen molar-refractivity contribution in [2.24, 2.45) is 7.05 Å². The number of nitrogens with one attached hydrogen (secondary N) is 1. The van der Waals surface area contributed by atoms with Crippen LogP contribution >= 0.6 is 0 Å². The topological polar surface area (TPSA) is 68.5 Å². The predicted octanol–water partition coefficient (Wildman–Crippen LogP) is 2.78. The lowest BCUT2D eigenvalue weighted by atomic mass is 9.78. The second kappa shape index (κ2) is 4.76. The van der Waals surface area contributed by atoms with E-state index in [1.807, 2.05) is 19.2 Å². The molecule has 0 radical (unpaired) electrons. The lowest BCUT2D eigenvalue weighted by molar-refractivity contribution is 0.306. The Balaban J connectivity index is 1.87. The van der Waals surface area contributed by atoms with E-state index in [0.717, 1.165) is 22.4 Å². The van der Waals surface area contributed by atoms with Crippen molar-refractivity contribution >= 4 is 16.7 Å². The Labute approximate surface area is 128 Å². The van der Waals surface area contributed by atoms with E-state index in [-0.39, 0.29) is 5.54 Å². The second-order valence-electron chi connectivity index (χ2n) is 6.17. The zero-order valence-corrected chi connectivity index (χ0v) is 12.7. The fraction of sp³-hybridized carbons (Fsp3) is 0.375. The molecule has 0 atom stereocenters. The van der Waals surface area contributed by atoms with Crippen molar-refractivity contribution in [2.75, 3.05) is 5.32 Å². The van der Waals surface area contributed by atoms with Gasteiger partial charge in [0.15, 0.2) is 5.82 Å². The first-order valence-electron chi connectivity index (χ1n) is 7.53. The van der Waals surface area contributed by atoms with E-state index in [4.69, 9.17) is 4.98 Å². The number of hydrogen-bond donors (Lipinski definition) is 1. The van der Waals surface area contributed by atoms with Crippen molar-refractivity contribution in [2.45, 2.75) is 31.7 Å². The van der Waals surface area contributed by atoms with Gasteiger partial charge in [-0.3, -0.25) is 9.67 Å². The summed E-state index contributed by atoms with van der Waals surface area (Å²) in [5.41, 5.74) is 1.88. The number of aryl methyl sites for hydroxylation is 1. The predicted molar refractivity (Wildman–Crippen MR) is 85.4 cm³/mol. The molecule has 3 heterocycles. The number of anilines is 1. The van der Waals surface area contributed by atoms with Crippen molar-refractivity contribution in [3.8, 4) is 11.5 Å². The Morgan fingerprint density at radius 1 is 1.18 bits per heavy atom. The van der Waals surface area contributed by atoms with E-state index in [0.29, 0.717) is 5.82 Å². The van der Waals surface area contributed by atoms with Gasteiger partial charge in [-0.1, -0.05) is 0 Å². The van der Waals surface area contributed by atoms with Crippen LogP contribution in [-0.2, 0) is 7.05 Å². The van der Waals surface area contributed by atoms with Crippen LogP contribution in [0, 0.1) is 0 Å². The summed E-state index contributed by atoms with van der Waals surface area (Å²) in [4.78, 5) is 13.6. The second-order valence-corrected chi connectivity index (χ2v) is 6.17. The summed E-state index contributed by atoms with van der Waals surface area (Å²) in [5.74, 6) is 1.55. The molecule has 1 aliphatic carbocycles. The molecule has 6 heteroatoms. The highest BCUT2D eigenvalue weighted by molar-refractivity contribution is 5.90. The summed E-state index contributed by atoms with van der Waals surface area (Å²) in [5, 5.41) is 8.82. The zero-order chi connectivity index (χ0) is 15.2. The molecule has 112 valence electrons. The third-order valence-electron chi connectivity index (χ3n) is 4.43. The minimum absolute atomic E-state index is 0.133. The molecule has 3 aromatic heterocycles. The van der Waals surface area contributed by atoms with Crippen LogP contribution < -0.4 is 5.32 Å². The fourth-order valence-electron chi connectivity index (χ4n) is 2.90. The molecule has 1 N–H and O–H groups in total. The van der Waals surface area contributed by atoms with E-state index in [9.17, 15) is 0 Å². The third-order valence-corrected chi connectivity index (χ3v) is 4.43. The van der Waals surface area contributed by atoms with Crippen molar-refractivity contribution < 1.29 is 0 Å². The van der Waals surface area contributed by atoms with Gasteiger partial charge >= 0.3 is 0 Å². The summed E-state index contributed by atoms with van der Waals surface area (Å²) >= 11 is 0. The number of aromatic nitrogens is 5. The minimum atomic E-state index is 0.133. The van der Waals surface area contributed by atoms with E-state index in [1.54, 1.807) is 23.3 Å². The van der Waals surface area contributed by atoms with Crippen molar-refractivity contribution in [1.29, 1.82) is 0 Å². The first-order valence-corrected chi connectivity index (χ1v) is 7.53. The average molecular weight is 294 g/mol. The van der Waals surface area contributed by atoms with Gasteiger partial charge < -0.3 is 5.32 Å². The molecule has 0 aliphatic heterocycles. The number of nitrogens with zero attached hydrogens (tertiary/aromatic N) is 5. The molecule has 0 bridgehead atoms. The van der Waals surface area contributed by atoms with Gasteiger partial charge in [0.05, 0.1) is 11.7 Å². The van der Waals surface area contributed by atoms with Crippen LogP contribution in [0.3, 0.4) is 0 Å². The van der Waals surface area contributed by atoms with Gasteiger partial charge in [0.2, 0.25) is 0 Å². The molecule has 1 aliphatic rings. The van der Waals surface area contributed by atoms with E-state index >= 15 is 0 Å². The van der Waals surface area contributed by atoms with Gasteiger partial charge in [-0.2, -0.15) is 5.10 Å². The molecule has 0 unspecified atom stereocenters. The maximum atomic E-state index is 4.76. The Hall–Kier alpha value is -2.50. The third kappa shape index (κ3) is 2.11. The van der Waals surface area contributed by atoms with E-state index in [1.165, 1.54) is 19.3 Å². The number of fused-ring (bicyclic) bond motifs is 1. The molecule has 1 fully saturated rings. The van der Waals surface area contributed by atoms with Crippen LogP contribution in [0.5, 0.6) is 0 Å². The highest BCUT2D eigenvalue weighted by atomic mass is 15.3. The quantitative estimate of drug-likeness (QED) is 0.804. The highest BCUT2D eigenvalue weighted by Gasteiger charge is 2.32. The molecular formula is C16H18N6. The molecule has 0 amide bonds. The largest absolute Gasteiger partial charge is 0.364 e. The summed E-state index contributed by atoms with van der Waals surface area (Å²) < 4.78 is 1.78. The van der Waals surface area contributed by atoms with Crippen LogP contribution in [-0.4, -0.2) is 30.3 Å². The Morgan fingerprint density at radius 3 is 2.73 bits per heavy atom. The van der Waals surface area contributed by atoms with Crippen LogP contribution in [0.4, 0.5) is 5.82 Å². The Morgan fingerprint density at radius 2 is 2.05 bits per heavy atom. The smallest absolute Gasteiger partial charge is 0.180 e. The Bertz CT molecular complexity index is 834. The molecule has 22 heavy (non-hydrogen) atoms. The van der Waals surface area contributed by atoms with Gasteiger partial charge in [0, 0.05) is 30.4 Å². The number of hydrogen-bond acceptors (Lipinski definition) is 5. The maximum absolute atomic E-state index is 4.76. The number of pyridine rings is 1. The molecule has 6 nitrogen and oxygen atoms in total. The summed E-state index contributed by atoms with van der Waals surface area (Å²) in [6, 6.07) is 3.89. The van der Waals surface area contributed by atoms with Crippen molar-refractivity contribution in [1.82, 2.24) is 24.7 Å². The lowest BCUT2D eigenvalue weighted by Crippen LogP contribution is -2.42. The maximum Gasteiger partial charge on any atom is 0.180 e. The fourth-order valence-corrected chi connectivity index (χ4v) is 2.90. The number of rotatable bonds is 3. The highest BCUT2D eigenvalue weighted by Crippen LogP contribution is 2.36.